The molecule has 0 amide bonds. The minimum Gasteiger partial charge on any atom is -0.382 e. The van der Waals surface area contributed by atoms with Gasteiger partial charge >= 0.3 is 0 Å². The summed E-state index contributed by atoms with van der Waals surface area (Å²) in [5.41, 5.74) is 5.40. The predicted molar refractivity (Wildman–Crippen MR) is 34.2 cm³/mol. The number of nitrogens with zero attached hydrogens (tertiary/aromatic N) is 3. The lowest BCUT2D eigenvalue weighted by Gasteiger charge is -1.82. The molecule has 0 fully saturated rings. The van der Waals surface area contributed by atoms with Gasteiger partial charge in [-0.05, 0) is 0 Å². The Balaban J connectivity index is 2.61. The summed E-state index contributed by atoms with van der Waals surface area (Å²) in [6, 6.07) is 0. The molecule has 4 heteroatoms. The smallest absolute Gasteiger partial charge is 0.142 e. The summed E-state index contributed by atoms with van der Waals surface area (Å²) in [7, 11) is 0. The van der Waals surface area contributed by atoms with E-state index in [1.165, 1.54) is 0 Å². The summed E-state index contributed by atoms with van der Waals surface area (Å²) >= 11 is 0. The number of aromatic nitrogens is 2. The topological polar surface area (TPSA) is 56.2 Å². The SMILES string of the molecule is Nc1cn2c(n1)CN=C2. The zero-order valence-electron chi connectivity index (χ0n) is 4.78. The molecule has 0 atom stereocenters. The number of hydrogen-bond donors (Lipinski definition) is 1. The third kappa shape index (κ3) is 0.526. The first-order chi connectivity index (χ1) is 4.36. The van der Waals surface area contributed by atoms with Crippen molar-refractivity contribution >= 4 is 12.2 Å². The zero-order valence-corrected chi connectivity index (χ0v) is 4.78. The monoisotopic (exact) mass is 122 g/mol. The van der Waals surface area contributed by atoms with E-state index in [0.717, 1.165) is 5.82 Å². The number of nitrogens with two attached hydrogens (primary N) is 1. The Kier molecular flexibility index (Phi) is 0.677. The van der Waals surface area contributed by atoms with E-state index >= 15 is 0 Å². The second kappa shape index (κ2) is 1.34. The Bertz CT molecular complexity index is 260. The minimum absolute atomic E-state index is 0.566. The molecule has 1 aromatic rings. The van der Waals surface area contributed by atoms with Gasteiger partial charge in [0.05, 0.1) is 19.1 Å². The largest absolute Gasteiger partial charge is 0.382 e. The van der Waals surface area contributed by atoms with Crippen molar-refractivity contribution in [2.24, 2.45) is 4.99 Å². The van der Waals surface area contributed by atoms with Crippen LogP contribution in [-0.4, -0.2) is 15.9 Å². The Hall–Kier alpha value is -1.32. The van der Waals surface area contributed by atoms with Gasteiger partial charge in [-0.1, -0.05) is 0 Å². The first-order valence-electron chi connectivity index (χ1n) is 2.69. The van der Waals surface area contributed by atoms with Crippen LogP contribution in [0, 0.1) is 0 Å². The molecule has 2 rings (SSSR count). The Morgan fingerprint density at radius 3 is 3.33 bits per heavy atom. The van der Waals surface area contributed by atoms with Crippen LogP contribution in [0.15, 0.2) is 11.2 Å². The number of aliphatic imine (C=N–C) groups is 1. The van der Waals surface area contributed by atoms with Crippen molar-refractivity contribution in [3.8, 4) is 0 Å². The molecule has 9 heavy (non-hydrogen) atoms. The molecule has 46 valence electrons. The van der Waals surface area contributed by atoms with Crippen LogP contribution in [0.2, 0.25) is 0 Å². The van der Waals surface area contributed by atoms with E-state index in [1.54, 1.807) is 12.5 Å². The molecule has 0 bridgehead atoms. The second-order valence-corrected chi connectivity index (χ2v) is 1.95. The van der Waals surface area contributed by atoms with Gasteiger partial charge in [-0.3, -0.25) is 9.56 Å². The zero-order chi connectivity index (χ0) is 6.27. The summed E-state index contributed by atoms with van der Waals surface area (Å²) < 4.78 is 1.83. The van der Waals surface area contributed by atoms with Crippen LogP contribution in [0.4, 0.5) is 5.82 Å². The molecular weight excluding hydrogens is 116 g/mol. The first-order valence-corrected chi connectivity index (χ1v) is 2.69. The molecule has 2 N–H and O–H groups in total. The fraction of sp³-hybridized carbons (Fsp3) is 0.200. The maximum Gasteiger partial charge on any atom is 0.142 e. The molecule has 0 saturated carbocycles. The van der Waals surface area contributed by atoms with E-state index in [2.05, 4.69) is 9.98 Å². The molecule has 2 heterocycles. The van der Waals surface area contributed by atoms with Crippen molar-refractivity contribution in [2.45, 2.75) is 6.54 Å². The Morgan fingerprint density at radius 1 is 1.67 bits per heavy atom. The van der Waals surface area contributed by atoms with Gasteiger partial charge in [-0.25, -0.2) is 4.98 Å². The van der Waals surface area contributed by atoms with E-state index in [-0.39, 0.29) is 0 Å². The molecule has 0 aliphatic carbocycles. The highest BCUT2D eigenvalue weighted by Crippen LogP contribution is 2.07. The third-order valence-corrected chi connectivity index (χ3v) is 1.27. The van der Waals surface area contributed by atoms with E-state index in [0.29, 0.717) is 12.4 Å². The van der Waals surface area contributed by atoms with Gasteiger partial charge in [0.15, 0.2) is 0 Å². The van der Waals surface area contributed by atoms with Crippen LogP contribution in [0.3, 0.4) is 0 Å². The number of fused-ring (bicyclic) bond motifs is 1. The Morgan fingerprint density at radius 2 is 2.56 bits per heavy atom. The van der Waals surface area contributed by atoms with Crippen molar-refractivity contribution < 1.29 is 0 Å². The fourth-order valence-corrected chi connectivity index (χ4v) is 0.880. The van der Waals surface area contributed by atoms with E-state index < -0.39 is 0 Å². The summed E-state index contributed by atoms with van der Waals surface area (Å²) in [5, 5.41) is 0. The normalized spacial score (nSPS) is 14.2. The first kappa shape index (κ1) is 4.55. The number of hydrogen-bond acceptors (Lipinski definition) is 3. The molecule has 0 radical (unpaired) electrons. The number of rotatable bonds is 0. The standard InChI is InChI=1S/C5H6N4/c6-4-2-9-3-7-1-5(9)8-4/h2-3H,1,6H2. The Labute approximate surface area is 52.0 Å². The maximum atomic E-state index is 5.40. The summed E-state index contributed by atoms with van der Waals surface area (Å²) in [6.45, 7) is 0.664. The predicted octanol–water partition coefficient (Wildman–Crippen LogP) is -0.145. The molecule has 0 aromatic carbocycles. The van der Waals surface area contributed by atoms with Gasteiger partial charge in [0.1, 0.15) is 11.6 Å². The van der Waals surface area contributed by atoms with E-state index in [1.807, 2.05) is 4.57 Å². The van der Waals surface area contributed by atoms with Crippen LogP contribution >= 0.6 is 0 Å². The number of nitrogen functional groups attached to an aromatic ring is 1. The second-order valence-electron chi connectivity index (χ2n) is 1.95. The number of anilines is 1. The molecule has 1 aliphatic rings. The van der Waals surface area contributed by atoms with Gasteiger partial charge in [0.25, 0.3) is 0 Å². The highest BCUT2D eigenvalue weighted by Gasteiger charge is 2.06. The van der Waals surface area contributed by atoms with Gasteiger partial charge in [-0.15, -0.1) is 0 Å². The molecule has 0 unspecified atom stereocenters. The fourth-order valence-electron chi connectivity index (χ4n) is 0.880. The molecule has 0 saturated heterocycles. The quantitative estimate of drug-likeness (QED) is 0.520. The lowest BCUT2D eigenvalue weighted by Crippen LogP contribution is -1.89. The molecular formula is C5H6N4. The van der Waals surface area contributed by atoms with Crippen LogP contribution in [0.25, 0.3) is 0 Å². The number of imidazole rings is 1. The average Bonchev–Trinajstić information content (AvgIpc) is 2.22. The summed E-state index contributed by atoms with van der Waals surface area (Å²) in [4.78, 5) is 7.98. The van der Waals surface area contributed by atoms with Crippen LogP contribution < -0.4 is 5.73 Å². The highest BCUT2D eigenvalue weighted by molar-refractivity contribution is 5.63. The van der Waals surface area contributed by atoms with Crippen molar-refractivity contribution in [1.29, 1.82) is 0 Å². The average molecular weight is 122 g/mol. The minimum atomic E-state index is 0.566. The van der Waals surface area contributed by atoms with Crippen molar-refractivity contribution in [3.63, 3.8) is 0 Å². The lowest BCUT2D eigenvalue weighted by atomic mass is 10.6. The maximum absolute atomic E-state index is 5.40. The van der Waals surface area contributed by atoms with Crippen LogP contribution in [0.1, 0.15) is 5.82 Å². The summed E-state index contributed by atoms with van der Waals surface area (Å²) in [6.07, 6.45) is 3.48. The molecule has 1 aliphatic heterocycles. The van der Waals surface area contributed by atoms with Crippen molar-refractivity contribution in [2.75, 3.05) is 5.73 Å². The lowest BCUT2D eigenvalue weighted by molar-refractivity contribution is 0.975. The van der Waals surface area contributed by atoms with E-state index in [9.17, 15) is 0 Å². The third-order valence-electron chi connectivity index (χ3n) is 1.27. The molecule has 1 aromatic heterocycles. The van der Waals surface area contributed by atoms with Gasteiger partial charge < -0.3 is 5.73 Å². The van der Waals surface area contributed by atoms with Crippen molar-refractivity contribution in [3.05, 3.63) is 12.0 Å². The molecule has 4 nitrogen and oxygen atoms in total. The van der Waals surface area contributed by atoms with Gasteiger partial charge in [0.2, 0.25) is 0 Å². The highest BCUT2D eigenvalue weighted by atomic mass is 15.2. The van der Waals surface area contributed by atoms with Crippen LogP contribution in [-0.2, 0) is 6.54 Å². The van der Waals surface area contributed by atoms with Crippen LogP contribution in [0.5, 0.6) is 0 Å². The van der Waals surface area contributed by atoms with E-state index in [4.69, 9.17) is 5.73 Å². The molecule has 0 spiro atoms. The van der Waals surface area contributed by atoms with Crippen molar-refractivity contribution in [1.82, 2.24) is 9.55 Å². The van der Waals surface area contributed by atoms with Gasteiger partial charge in [-0.2, -0.15) is 0 Å². The summed E-state index contributed by atoms with van der Waals surface area (Å²) in [5.74, 6) is 1.49. The van der Waals surface area contributed by atoms with Gasteiger partial charge in [0, 0.05) is 0 Å².